The summed E-state index contributed by atoms with van der Waals surface area (Å²) >= 11 is 0. The van der Waals surface area contributed by atoms with E-state index in [4.69, 9.17) is 0 Å². The molecule has 1 unspecified atom stereocenters. The van der Waals surface area contributed by atoms with Crippen LogP contribution in [0.3, 0.4) is 0 Å². The molecule has 0 saturated carbocycles. The van der Waals surface area contributed by atoms with E-state index in [0.717, 1.165) is 18.7 Å². The second kappa shape index (κ2) is 4.98. The van der Waals surface area contributed by atoms with Crippen molar-refractivity contribution >= 4 is 11.6 Å². The molecule has 1 aliphatic heterocycles. The average molecular weight is 207 g/mol. The Morgan fingerprint density at radius 1 is 1.53 bits per heavy atom. The van der Waals surface area contributed by atoms with E-state index < -0.39 is 0 Å². The van der Waals surface area contributed by atoms with Crippen molar-refractivity contribution in [1.82, 2.24) is 10.3 Å². The van der Waals surface area contributed by atoms with Gasteiger partial charge in [0.1, 0.15) is 0 Å². The molecule has 1 amide bonds. The number of hydrogen-bond donors (Lipinski definition) is 3. The lowest BCUT2D eigenvalue weighted by atomic mass is 10.0. The lowest BCUT2D eigenvalue weighted by molar-refractivity contribution is -0.116. The predicted octanol–water partition coefficient (Wildman–Crippen LogP) is 1.49. The van der Waals surface area contributed by atoms with Crippen LogP contribution in [0.4, 0.5) is 5.69 Å². The first-order valence-corrected chi connectivity index (χ1v) is 5.50. The van der Waals surface area contributed by atoms with E-state index >= 15 is 0 Å². The molecule has 2 rings (SSSR count). The Morgan fingerprint density at radius 3 is 3.13 bits per heavy atom. The quantitative estimate of drug-likeness (QED) is 0.703. The summed E-state index contributed by atoms with van der Waals surface area (Å²) in [6.45, 7) is 1.04. The number of carbonyl (C=O) groups is 1. The molecule has 82 valence electrons. The molecule has 1 atom stereocenters. The molecule has 0 spiro atoms. The monoisotopic (exact) mass is 207 g/mol. The third kappa shape index (κ3) is 3.09. The molecule has 1 saturated heterocycles. The van der Waals surface area contributed by atoms with Crippen LogP contribution < -0.4 is 10.6 Å². The van der Waals surface area contributed by atoms with Gasteiger partial charge in [0.25, 0.3) is 0 Å². The molecule has 0 aromatic carbocycles. The number of aromatic amines is 1. The van der Waals surface area contributed by atoms with Crippen LogP contribution in [0, 0.1) is 0 Å². The van der Waals surface area contributed by atoms with Gasteiger partial charge in [-0.2, -0.15) is 0 Å². The van der Waals surface area contributed by atoms with Crippen molar-refractivity contribution in [3.63, 3.8) is 0 Å². The largest absolute Gasteiger partial charge is 0.366 e. The van der Waals surface area contributed by atoms with Gasteiger partial charge in [0, 0.05) is 24.9 Å². The van der Waals surface area contributed by atoms with Gasteiger partial charge in [-0.15, -0.1) is 0 Å². The molecular weight excluding hydrogens is 190 g/mol. The Balaban J connectivity index is 1.76. The average Bonchev–Trinajstić information content (AvgIpc) is 2.71. The fourth-order valence-corrected chi connectivity index (χ4v) is 1.94. The Hall–Kier alpha value is -1.29. The van der Waals surface area contributed by atoms with Crippen molar-refractivity contribution in [1.29, 1.82) is 0 Å². The number of amides is 1. The zero-order valence-electron chi connectivity index (χ0n) is 8.75. The summed E-state index contributed by atoms with van der Waals surface area (Å²) in [5.41, 5.74) is 0.843. The van der Waals surface area contributed by atoms with Crippen molar-refractivity contribution in [2.45, 2.75) is 31.7 Å². The van der Waals surface area contributed by atoms with Crippen molar-refractivity contribution < 1.29 is 4.79 Å². The van der Waals surface area contributed by atoms with Crippen LogP contribution in [0.2, 0.25) is 0 Å². The topological polar surface area (TPSA) is 56.9 Å². The second-order valence-corrected chi connectivity index (χ2v) is 4.00. The number of carbonyl (C=O) groups excluding carboxylic acids is 1. The highest BCUT2D eigenvalue weighted by molar-refractivity contribution is 5.90. The van der Waals surface area contributed by atoms with Crippen molar-refractivity contribution in [3.8, 4) is 0 Å². The molecule has 0 aliphatic carbocycles. The first-order valence-electron chi connectivity index (χ1n) is 5.50. The van der Waals surface area contributed by atoms with Crippen molar-refractivity contribution in [2.75, 3.05) is 11.9 Å². The minimum Gasteiger partial charge on any atom is -0.366 e. The number of piperidine rings is 1. The number of H-pyrrole nitrogens is 1. The SMILES string of the molecule is O=C(CC1CCCCN1)Nc1cc[nH]c1. The molecule has 1 aromatic rings. The molecule has 0 bridgehead atoms. The highest BCUT2D eigenvalue weighted by atomic mass is 16.1. The Labute approximate surface area is 89.5 Å². The molecule has 1 fully saturated rings. The lowest BCUT2D eigenvalue weighted by Crippen LogP contribution is -2.36. The minimum atomic E-state index is 0.0917. The van der Waals surface area contributed by atoms with Gasteiger partial charge in [0.2, 0.25) is 5.91 Å². The molecule has 2 heterocycles. The van der Waals surface area contributed by atoms with Crippen LogP contribution >= 0.6 is 0 Å². The maximum atomic E-state index is 11.6. The van der Waals surface area contributed by atoms with Crippen LogP contribution in [-0.2, 0) is 4.79 Å². The van der Waals surface area contributed by atoms with Gasteiger partial charge in [0.05, 0.1) is 5.69 Å². The summed E-state index contributed by atoms with van der Waals surface area (Å²) in [5.74, 6) is 0.0917. The summed E-state index contributed by atoms with van der Waals surface area (Å²) in [6, 6.07) is 2.21. The van der Waals surface area contributed by atoms with Crippen LogP contribution in [-0.4, -0.2) is 23.5 Å². The molecule has 4 nitrogen and oxygen atoms in total. The van der Waals surface area contributed by atoms with E-state index in [0.29, 0.717) is 12.5 Å². The third-order valence-electron chi connectivity index (χ3n) is 2.73. The van der Waals surface area contributed by atoms with Gasteiger partial charge >= 0.3 is 0 Å². The van der Waals surface area contributed by atoms with Crippen molar-refractivity contribution in [3.05, 3.63) is 18.5 Å². The fourth-order valence-electron chi connectivity index (χ4n) is 1.94. The zero-order chi connectivity index (χ0) is 10.5. The summed E-state index contributed by atoms with van der Waals surface area (Å²) in [5, 5.41) is 6.22. The van der Waals surface area contributed by atoms with Crippen LogP contribution in [0.25, 0.3) is 0 Å². The lowest BCUT2D eigenvalue weighted by Gasteiger charge is -2.22. The molecular formula is C11H17N3O. The standard InChI is InChI=1S/C11H17N3O/c15-11(14-10-4-6-12-8-10)7-9-3-1-2-5-13-9/h4,6,8-9,12-13H,1-3,5,7H2,(H,14,15). The first-order chi connectivity index (χ1) is 7.34. The van der Waals surface area contributed by atoms with E-state index in [9.17, 15) is 4.79 Å². The number of anilines is 1. The second-order valence-electron chi connectivity index (χ2n) is 4.00. The number of rotatable bonds is 3. The maximum absolute atomic E-state index is 11.6. The van der Waals surface area contributed by atoms with E-state index in [-0.39, 0.29) is 5.91 Å². The van der Waals surface area contributed by atoms with Crippen LogP contribution in [0.15, 0.2) is 18.5 Å². The summed E-state index contributed by atoms with van der Waals surface area (Å²) in [4.78, 5) is 14.5. The van der Waals surface area contributed by atoms with Gasteiger partial charge in [-0.05, 0) is 25.5 Å². The van der Waals surface area contributed by atoms with Crippen LogP contribution in [0.5, 0.6) is 0 Å². The van der Waals surface area contributed by atoms with E-state index in [2.05, 4.69) is 15.6 Å². The highest BCUT2D eigenvalue weighted by Crippen LogP contribution is 2.11. The number of aromatic nitrogens is 1. The smallest absolute Gasteiger partial charge is 0.225 e. The molecule has 15 heavy (non-hydrogen) atoms. The molecule has 1 aliphatic rings. The minimum absolute atomic E-state index is 0.0917. The highest BCUT2D eigenvalue weighted by Gasteiger charge is 2.16. The predicted molar refractivity (Wildman–Crippen MR) is 59.7 cm³/mol. The number of hydrogen-bond acceptors (Lipinski definition) is 2. The Kier molecular flexibility index (Phi) is 3.40. The molecule has 3 N–H and O–H groups in total. The van der Waals surface area contributed by atoms with Gasteiger partial charge in [-0.25, -0.2) is 0 Å². The van der Waals surface area contributed by atoms with Gasteiger partial charge in [0.15, 0.2) is 0 Å². The van der Waals surface area contributed by atoms with Crippen molar-refractivity contribution in [2.24, 2.45) is 0 Å². The van der Waals surface area contributed by atoms with Crippen LogP contribution in [0.1, 0.15) is 25.7 Å². The summed E-state index contributed by atoms with van der Waals surface area (Å²) in [7, 11) is 0. The summed E-state index contributed by atoms with van der Waals surface area (Å²) in [6.07, 6.45) is 7.73. The van der Waals surface area contributed by atoms with E-state index in [1.54, 1.807) is 12.4 Å². The third-order valence-corrected chi connectivity index (χ3v) is 2.73. The van der Waals surface area contributed by atoms with Gasteiger partial charge < -0.3 is 15.6 Å². The maximum Gasteiger partial charge on any atom is 0.225 e. The zero-order valence-corrected chi connectivity index (χ0v) is 8.75. The molecule has 1 aromatic heterocycles. The normalized spacial score (nSPS) is 21.2. The van der Waals surface area contributed by atoms with E-state index in [1.807, 2.05) is 6.07 Å². The Bertz CT molecular complexity index is 302. The molecule has 0 radical (unpaired) electrons. The first kappa shape index (κ1) is 10.2. The van der Waals surface area contributed by atoms with Gasteiger partial charge in [-0.1, -0.05) is 6.42 Å². The number of nitrogens with one attached hydrogen (secondary N) is 3. The fraction of sp³-hybridized carbons (Fsp3) is 0.545. The summed E-state index contributed by atoms with van der Waals surface area (Å²) < 4.78 is 0. The molecule has 4 heteroatoms. The Morgan fingerprint density at radius 2 is 2.47 bits per heavy atom. The van der Waals surface area contributed by atoms with Gasteiger partial charge in [-0.3, -0.25) is 4.79 Å². The van der Waals surface area contributed by atoms with E-state index in [1.165, 1.54) is 12.8 Å².